The average Bonchev–Trinajstić information content (AvgIpc) is 3.01. The number of phenols is 1. The van der Waals surface area contributed by atoms with Gasteiger partial charge in [0.05, 0.1) is 13.7 Å². The van der Waals surface area contributed by atoms with E-state index in [-0.39, 0.29) is 5.75 Å². The van der Waals surface area contributed by atoms with E-state index in [0.717, 1.165) is 23.3 Å². The fourth-order valence-corrected chi connectivity index (χ4v) is 3.62. The van der Waals surface area contributed by atoms with Crippen molar-refractivity contribution in [3.8, 4) is 11.5 Å². The van der Waals surface area contributed by atoms with Crippen molar-refractivity contribution in [3.05, 3.63) is 23.8 Å². The van der Waals surface area contributed by atoms with E-state index in [1.807, 2.05) is 23.9 Å². The van der Waals surface area contributed by atoms with E-state index in [0.29, 0.717) is 18.3 Å². The van der Waals surface area contributed by atoms with Crippen LogP contribution in [0.25, 0.3) is 0 Å². The van der Waals surface area contributed by atoms with Crippen LogP contribution in [0, 0.1) is 0 Å². The summed E-state index contributed by atoms with van der Waals surface area (Å²) < 4.78 is 5.14. The fourth-order valence-electron chi connectivity index (χ4n) is 2.82. The van der Waals surface area contributed by atoms with Crippen LogP contribution in [0.15, 0.2) is 23.2 Å². The SMILES string of the molecule is CCNC(=NCc1cccc(OC)c1O)NC1CCC(SC)C1. The number of methoxy groups -OCH3 is 1. The predicted molar refractivity (Wildman–Crippen MR) is 97.6 cm³/mol. The number of rotatable bonds is 6. The van der Waals surface area contributed by atoms with Crippen LogP contribution in [0.5, 0.6) is 11.5 Å². The van der Waals surface area contributed by atoms with Gasteiger partial charge in [-0.15, -0.1) is 0 Å². The van der Waals surface area contributed by atoms with Crippen LogP contribution >= 0.6 is 11.8 Å². The average molecular weight is 337 g/mol. The largest absolute Gasteiger partial charge is 0.504 e. The van der Waals surface area contributed by atoms with E-state index >= 15 is 0 Å². The highest BCUT2D eigenvalue weighted by Gasteiger charge is 2.24. The Balaban J connectivity index is 2.01. The molecule has 23 heavy (non-hydrogen) atoms. The molecule has 1 aliphatic rings. The summed E-state index contributed by atoms with van der Waals surface area (Å²) in [6.07, 6.45) is 5.79. The van der Waals surface area contributed by atoms with Crippen molar-refractivity contribution in [2.45, 2.75) is 44.0 Å². The van der Waals surface area contributed by atoms with Gasteiger partial charge in [0.2, 0.25) is 0 Å². The first kappa shape index (κ1) is 17.8. The van der Waals surface area contributed by atoms with Gasteiger partial charge in [0.25, 0.3) is 0 Å². The van der Waals surface area contributed by atoms with Crippen LogP contribution in [-0.2, 0) is 6.54 Å². The van der Waals surface area contributed by atoms with Crippen LogP contribution in [0.2, 0.25) is 0 Å². The van der Waals surface area contributed by atoms with E-state index < -0.39 is 0 Å². The quantitative estimate of drug-likeness (QED) is 0.550. The van der Waals surface area contributed by atoms with Crippen molar-refractivity contribution in [3.63, 3.8) is 0 Å². The molecule has 0 aromatic heterocycles. The Morgan fingerprint density at radius 1 is 1.43 bits per heavy atom. The highest BCUT2D eigenvalue weighted by molar-refractivity contribution is 7.99. The zero-order chi connectivity index (χ0) is 16.7. The lowest BCUT2D eigenvalue weighted by molar-refractivity contribution is 0.370. The van der Waals surface area contributed by atoms with E-state index in [4.69, 9.17) is 4.74 Å². The predicted octanol–water partition coefficient (Wildman–Crippen LogP) is 2.74. The Bertz CT molecular complexity index is 537. The standard InChI is InChI=1S/C17H27N3O2S/c1-4-18-17(20-13-8-9-14(10-13)23-3)19-11-12-6-5-7-15(22-2)16(12)21/h5-7,13-14,21H,4,8-11H2,1-3H3,(H2,18,19,20). The molecule has 1 saturated carbocycles. The number of nitrogens with zero attached hydrogens (tertiary/aromatic N) is 1. The van der Waals surface area contributed by atoms with Crippen LogP contribution in [0.1, 0.15) is 31.7 Å². The lowest BCUT2D eigenvalue weighted by atomic mass is 10.2. The summed E-state index contributed by atoms with van der Waals surface area (Å²) in [5.41, 5.74) is 0.759. The van der Waals surface area contributed by atoms with Crippen molar-refractivity contribution in [1.82, 2.24) is 10.6 Å². The second kappa shape index (κ2) is 8.91. The molecule has 0 spiro atoms. The molecule has 0 heterocycles. The van der Waals surface area contributed by atoms with Gasteiger partial charge in [-0.3, -0.25) is 0 Å². The minimum Gasteiger partial charge on any atom is -0.504 e. The molecule has 1 aliphatic carbocycles. The molecule has 0 bridgehead atoms. The third-order valence-corrected chi connectivity index (χ3v) is 5.21. The van der Waals surface area contributed by atoms with Crippen LogP contribution < -0.4 is 15.4 Å². The maximum Gasteiger partial charge on any atom is 0.191 e. The molecule has 5 nitrogen and oxygen atoms in total. The highest BCUT2D eigenvalue weighted by atomic mass is 32.2. The molecular formula is C17H27N3O2S. The maximum absolute atomic E-state index is 10.1. The number of para-hydroxylation sites is 1. The summed E-state index contributed by atoms with van der Waals surface area (Å²) >= 11 is 1.95. The molecule has 0 aliphatic heterocycles. The number of aromatic hydroxyl groups is 1. The first-order valence-electron chi connectivity index (χ1n) is 8.10. The lowest BCUT2D eigenvalue weighted by Gasteiger charge is -2.17. The summed E-state index contributed by atoms with van der Waals surface area (Å²) in [5.74, 6) is 1.45. The van der Waals surface area contributed by atoms with E-state index in [9.17, 15) is 5.11 Å². The van der Waals surface area contributed by atoms with Crippen LogP contribution in [0.3, 0.4) is 0 Å². The Labute approximate surface area is 142 Å². The van der Waals surface area contributed by atoms with Gasteiger partial charge in [-0.1, -0.05) is 12.1 Å². The number of nitrogens with one attached hydrogen (secondary N) is 2. The zero-order valence-electron chi connectivity index (χ0n) is 14.1. The molecule has 1 aromatic rings. The van der Waals surface area contributed by atoms with Crippen molar-refractivity contribution in [2.24, 2.45) is 4.99 Å². The number of ether oxygens (including phenoxy) is 1. The monoisotopic (exact) mass is 337 g/mol. The number of benzene rings is 1. The highest BCUT2D eigenvalue weighted by Crippen LogP contribution is 2.30. The number of thioether (sulfide) groups is 1. The summed E-state index contributed by atoms with van der Waals surface area (Å²) in [6, 6.07) is 5.95. The summed E-state index contributed by atoms with van der Waals surface area (Å²) in [7, 11) is 1.55. The Morgan fingerprint density at radius 2 is 2.26 bits per heavy atom. The van der Waals surface area contributed by atoms with Crippen LogP contribution in [0.4, 0.5) is 0 Å². The van der Waals surface area contributed by atoms with Gasteiger partial charge < -0.3 is 20.5 Å². The summed E-state index contributed by atoms with van der Waals surface area (Å²) in [5, 5.41) is 17.7. The zero-order valence-corrected chi connectivity index (χ0v) is 14.9. The lowest BCUT2D eigenvalue weighted by Crippen LogP contribution is -2.42. The Morgan fingerprint density at radius 3 is 2.91 bits per heavy atom. The topological polar surface area (TPSA) is 65.9 Å². The first-order chi connectivity index (χ1) is 11.2. The van der Waals surface area contributed by atoms with Gasteiger partial charge in [0.15, 0.2) is 17.5 Å². The molecular weight excluding hydrogens is 310 g/mol. The smallest absolute Gasteiger partial charge is 0.191 e. The number of guanidine groups is 1. The number of aliphatic imine (C=N–C) groups is 1. The molecule has 0 saturated heterocycles. The van der Waals surface area contributed by atoms with Gasteiger partial charge in [-0.05, 0) is 38.5 Å². The van der Waals surface area contributed by atoms with Gasteiger partial charge in [0.1, 0.15) is 0 Å². The molecule has 0 amide bonds. The van der Waals surface area contributed by atoms with E-state index in [2.05, 4.69) is 28.8 Å². The van der Waals surface area contributed by atoms with Gasteiger partial charge in [-0.25, -0.2) is 4.99 Å². The maximum atomic E-state index is 10.1. The van der Waals surface area contributed by atoms with Gasteiger partial charge in [0, 0.05) is 23.4 Å². The molecule has 1 aromatic carbocycles. The number of hydrogen-bond acceptors (Lipinski definition) is 4. The molecule has 0 radical (unpaired) electrons. The normalized spacial score (nSPS) is 21.3. The van der Waals surface area contributed by atoms with E-state index in [1.54, 1.807) is 13.2 Å². The molecule has 128 valence electrons. The third-order valence-electron chi connectivity index (χ3n) is 4.11. The number of phenolic OH excluding ortho intramolecular Hbond substituents is 1. The molecule has 3 N–H and O–H groups in total. The minimum atomic E-state index is 0.165. The molecule has 2 rings (SSSR count). The van der Waals surface area contributed by atoms with Crippen molar-refractivity contribution in [2.75, 3.05) is 19.9 Å². The fraction of sp³-hybridized carbons (Fsp3) is 0.588. The second-order valence-corrected chi connectivity index (χ2v) is 6.81. The van der Waals surface area contributed by atoms with Crippen LogP contribution in [-0.4, -0.2) is 42.3 Å². The van der Waals surface area contributed by atoms with Gasteiger partial charge in [-0.2, -0.15) is 11.8 Å². The summed E-state index contributed by atoms with van der Waals surface area (Å²) in [4.78, 5) is 4.61. The van der Waals surface area contributed by atoms with Crippen molar-refractivity contribution < 1.29 is 9.84 Å². The molecule has 2 atom stereocenters. The first-order valence-corrected chi connectivity index (χ1v) is 9.39. The molecule has 1 fully saturated rings. The second-order valence-electron chi connectivity index (χ2n) is 5.68. The molecule has 6 heteroatoms. The van der Waals surface area contributed by atoms with Crippen molar-refractivity contribution >= 4 is 17.7 Å². The minimum absolute atomic E-state index is 0.165. The van der Waals surface area contributed by atoms with Gasteiger partial charge >= 0.3 is 0 Å². The van der Waals surface area contributed by atoms with Crippen molar-refractivity contribution in [1.29, 1.82) is 0 Å². The Kier molecular flexibility index (Phi) is 6.89. The molecule has 2 unspecified atom stereocenters. The van der Waals surface area contributed by atoms with E-state index in [1.165, 1.54) is 19.3 Å². The number of hydrogen-bond donors (Lipinski definition) is 3. The Hall–Kier alpha value is -1.56. The summed E-state index contributed by atoms with van der Waals surface area (Å²) in [6.45, 7) is 3.28. The third kappa shape index (κ3) is 4.96.